The van der Waals surface area contributed by atoms with Crippen molar-refractivity contribution < 1.29 is 9.53 Å². The molecule has 0 radical (unpaired) electrons. The summed E-state index contributed by atoms with van der Waals surface area (Å²) in [6.07, 6.45) is 4.31. The van der Waals surface area contributed by atoms with Crippen LogP contribution in [0.2, 0.25) is 0 Å². The lowest BCUT2D eigenvalue weighted by Gasteiger charge is -2.20. The van der Waals surface area contributed by atoms with E-state index in [2.05, 4.69) is 0 Å². The minimum absolute atomic E-state index is 0.324. The van der Waals surface area contributed by atoms with Gasteiger partial charge < -0.3 is 4.74 Å². The maximum atomic E-state index is 11.5. The number of carbonyl (C=O) groups excluding carboxylic acids is 1. The zero-order valence-corrected chi connectivity index (χ0v) is 7.01. The zero-order chi connectivity index (χ0) is 8.13. The Morgan fingerprint density at radius 2 is 2.25 bits per heavy atom. The molecule has 0 amide bonds. The number of ketones is 1. The van der Waals surface area contributed by atoms with E-state index in [0.29, 0.717) is 17.8 Å². The summed E-state index contributed by atoms with van der Waals surface area (Å²) in [5.74, 6) is 0.973. The smallest absolute Gasteiger partial charge is 0.159 e. The minimum Gasteiger partial charge on any atom is -0.373 e. The van der Waals surface area contributed by atoms with Gasteiger partial charge in [-0.05, 0) is 36.3 Å². The second kappa shape index (κ2) is 2.19. The van der Waals surface area contributed by atoms with E-state index < -0.39 is 0 Å². The van der Waals surface area contributed by atoms with Gasteiger partial charge in [0.15, 0.2) is 5.78 Å². The lowest BCUT2D eigenvalue weighted by molar-refractivity contribution is -0.115. The van der Waals surface area contributed by atoms with Crippen LogP contribution in [0.5, 0.6) is 0 Å². The summed E-state index contributed by atoms with van der Waals surface area (Å²) in [6.45, 7) is 0.766. The van der Waals surface area contributed by atoms with Crippen LogP contribution in [0.15, 0.2) is 11.1 Å². The Morgan fingerprint density at radius 1 is 1.33 bits per heavy atom. The Balaban J connectivity index is 2.10. The molecule has 0 bridgehead atoms. The Morgan fingerprint density at radius 3 is 3.17 bits per heavy atom. The van der Waals surface area contributed by atoms with Crippen LogP contribution >= 0.6 is 0 Å². The first-order valence-corrected chi connectivity index (χ1v) is 4.74. The first kappa shape index (κ1) is 6.84. The summed E-state index contributed by atoms with van der Waals surface area (Å²) >= 11 is 0. The first-order valence-electron chi connectivity index (χ1n) is 4.74. The lowest BCUT2D eigenvalue weighted by atomic mass is 10.0. The number of carbonyl (C=O) groups is 1. The predicted octanol–water partition coefficient (Wildman–Crippen LogP) is 1.45. The van der Waals surface area contributed by atoms with Gasteiger partial charge in [-0.15, -0.1) is 0 Å². The molecule has 0 aromatic rings. The lowest BCUT2D eigenvalue weighted by Crippen LogP contribution is -2.19. The molecule has 2 nitrogen and oxygen atoms in total. The van der Waals surface area contributed by atoms with E-state index in [-0.39, 0.29) is 0 Å². The highest BCUT2D eigenvalue weighted by molar-refractivity contribution is 5.99. The molecule has 2 heteroatoms. The number of hydrogen-bond donors (Lipinski definition) is 0. The van der Waals surface area contributed by atoms with Crippen molar-refractivity contribution in [3.05, 3.63) is 11.1 Å². The van der Waals surface area contributed by atoms with E-state index >= 15 is 0 Å². The molecule has 12 heavy (non-hydrogen) atoms. The second-order valence-electron chi connectivity index (χ2n) is 3.94. The molecule has 1 fully saturated rings. The van der Waals surface area contributed by atoms with Gasteiger partial charge in [-0.25, -0.2) is 0 Å². The number of ether oxygens (including phenoxy) is 1. The van der Waals surface area contributed by atoms with Crippen molar-refractivity contribution in [3.63, 3.8) is 0 Å². The number of rotatable bonds is 0. The highest BCUT2D eigenvalue weighted by Crippen LogP contribution is 2.46. The van der Waals surface area contributed by atoms with E-state index in [0.717, 1.165) is 31.4 Å². The highest BCUT2D eigenvalue weighted by Gasteiger charge is 2.42. The SMILES string of the molecule is O=C1CC2CC[C@@H]3OCCC1=C23. The van der Waals surface area contributed by atoms with Crippen LogP contribution < -0.4 is 0 Å². The van der Waals surface area contributed by atoms with Crippen LogP contribution in [0.25, 0.3) is 0 Å². The van der Waals surface area contributed by atoms with Gasteiger partial charge in [0.25, 0.3) is 0 Å². The third-order valence-electron chi connectivity index (χ3n) is 3.35. The summed E-state index contributed by atoms with van der Waals surface area (Å²) in [4.78, 5) is 11.5. The van der Waals surface area contributed by atoms with Crippen LogP contribution in [0.3, 0.4) is 0 Å². The van der Waals surface area contributed by atoms with E-state index in [9.17, 15) is 4.79 Å². The number of Topliss-reactive ketones (excluding diaryl/α,β-unsaturated/α-hetero) is 1. The predicted molar refractivity (Wildman–Crippen MR) is 43.7 cm³/mol. The van der Waals surface area contributed by atoms with Gasteiger partial charge in [0.2, 0.25) is 0 Å². The molecule has 0 aromatic carbocycles. The molecule has 3 rings (SSSR count). The van der Waals surface area contributed by atoms with Crippen molar-refractivity contribution in [1.82, 2.24) is 0 Å². The van der Waals surface area contributed by atoms with Crippen LogP contribution in [0.1, 0.15) is 25.7 Å². The molecular weight excluding hydrogens is 152 g/mol. The normalized spacial score (nSPS) is 39.2. The fourth-order valence-corrected chi connectivity index (χ4v) is 2.85. The molecule has 64 valence electrons. The monoisotopic (exact) mass is 164 g/mol. The van der Waals surface area contributed by atoms with E-state index in [1.807, 2.05) is 0 Å². The van der Waals surface area contributed by atoms with Gasteiger partial charge in [-0.3, -0.25) is 4.79 Å². The molecule has 0 spiro atoms. The van der Waals surface area contributed by atoms with Gasteiger partial charge >= 0.3 is 0 Å². The quantitative estimate of drug-likeness (QED) is 0.541. The van der Waals surface area contributed by atoms with Crippen molar-refractivity contribution in [2.75, 3.05) is 6.61 Å². The Labute approximate surface area is 71.6 Å². The first-order chi connectivity index (χ1) is 5.86. The van der Waals surface area contributed by atoms with E-state index in [1.165, 1.54) is 12.0 Å². The van der Waals surface area contributed by atoms with Crippen LogP contribution in [0.4, 0.5) is 0 Å². The van der Waals surface area contributed by atoms with Gasteiger partial charge in [-0.2, -0.15) is 0 Å². The molecule has 0 N–H and O–H groups in total. The van der Waals surface area contributed by atoms with Crippen molar-refractivity contribution in [3.8, 4) is 0 Å². The van der Waals surface area contributed by atoms with E-state index in [4.69, 9.17) is 4.74 Å². The Bertz CT molecular complexity index is 278. The molecule has 1 heterocycles. The molecule has 0 aromatic heterocycles. The van der Waals surface area contributed by atoms with Crippen LogP contribution in [-0.4, -0.2) is 18.5 Å². The van der Waals surface area contributed by atoms with Gasteiger partial charge in [0.1, 0.15) is 0 Å². The third kappa shape index (κ3) is 0.712. The summed E-state index contributed by atoms with van der Waals surface area (Å²) in [6, 6.07) is 0. The standard InChI is InChI=1S/C10H12O2/c11-8-5-6-1-2-9-10(6)7(8)3-4-12-9/h6,9H,1-5H2/t6?,9-/m0/s1. The zero-order valence-electron chi connectivity index (χ0n) is 7.01. The van der Waals surface area contributed by atoms with Gasteiger partial charge in [0, 0.05) is 6.42 Å². The fraction of sp³-hybridized carbons (Fsp3) is 0.700. The maximum absolute atomic E-state index is 11.5. The van der Waals surface area contributed by atoms with Gasteiger partial charge in [0.05, 0.1) is 12.7 Å². The molecular formula is C10H12O2. The summed E-state index contributed by atoms with van der Waals surface area (Å²) in [5, 5.41) is 0. The topological polar surface area (TPSA) is 26.3 Å². The third-order valence-corrected chi connectivity index (χ3v) is 3.35. The van der Waals surface area contributed by atoms with Crippen LogP contribution in [-0.2, 0) is 9.53 Å². The summed E-state index contributed by atoms with van der Waals surface area (Å²) < 4.78 is 5.62. The molecule has 2 aliphatic carbocycles. The van der Waals surface area contributed by atoms with Gasteiger partial charge in [-0.1, -0.05) is 0 Å². The minimum atomic E-state index is 0.324. The molecule has 0 saturated heterocycles. The largest absolute Gasteiger partial charge is 0.373 e. The van der Waals surface area contributed by atoms with Crippen molar-refractivity contribution in [2.24, 2.45) is 5.92 Å². The molecule has 3 aliphatic rings. The molecule has 1 aliphatic heterocycles. The second-order valence-corrected chi connectivity index (χ2v) is 3.94. The molecule has 1 saturated carbocycles. The Hall–Kier alpha value is -0.630. The van der Waals surface area contributed by atoms with Crippen molar-refractivity contribution in [1.29, 1.82) is 0 Å². The summed E-state index contributed by atoms with van der Waals surface area (Å²) in [5.41, 5.74) is 2.51. The number of hydrogen-bond acceptors (Lipinski definition) is 2. The molecule has 1 unspecified atom stereocenters. The summed E-state index contributed by atoms with van der Waals surface area (Å²) in [7, 11) is 0. The van der Waals surface area contributed by atoms with Crippen molar-refractivity contribution in [2.45, 2.75) is 31.8 Å². The fourth-order valence-electron chi connectivity index (χ4n) is 2.85. The highest BCUT2D eigenvalue weighted by atomic mass is 16.5. The Kier molecular flexibility index (Phi) is 1.25. The van der Waals surface area contributed by atoms with Crippen LogP contribution in [0, 0.1) is 5.92 Å². The van der Waals surface area contributed by atoms with E-state index in [1.54, 1.807) is 0 Å². The average Bonchev–Trinajstić information content (AvgIpc) is 2.61. The molecule has 2 atom stereocenters. The average molecular weight is 164 g/mol. The van der Waals surface area contributed by atoms with Crippen molar-refractivity contribution >= 4 is 5.78 Å². The maximum Gasteiger partial charge on any atom is 0.159 e.